The van der Waals surface area contributed by atoms with Gasteiger partial charge in [-0.15, -0.1) is 11.8 Å². The molecular formula is C21H19FN2O2S. The number of amides is 1. The minimum absolute atomic E-state index is 0.258. The molecule has 138 valence electrons. The van der Waals surface area contributed by atoms with Crippen LogP contribution in [0.2, 0.25) is 0 Å². The van der Waals surface area contributed by atoms with Gasteiger partial charge in [-0.2, -0.15) is 0 Å². The molecule has 0 radical (unpaired) electrons. The van der Waals surface area contributed by atoms with Crippen LogP contribution in [0.25, 0.3) is 11.1 Å². The Morgan fingerprint density at radius 2 is 1.89 bits per heavy atom. The summed E-state index contributed by atoms with van der Waals surface area (Å²) in [4.78, 5) is 14.8. The zero-order valence-electron chi connectivity index (χ0n) is 14.8. The molecule has 4 nitrogen and oxygen atoms in total. The number of carbonyl (C=O) groups is 1. The lowest BCUT2D eigenvalue weighted by Gasteiger charge is -2.15. The maximum atomic E-state index is 14.7. The lowest BCUT2D eigenvalue weighted by Crippen LogP contribution is -2.25. The van der Waals surface area contributed by atoms with Gasteiger partial charge in [0.1, 0.15) is 11.9 Å². The Kier molecular flexibility index (Phi) is 4.90. The second-order valence-electron chi connectivity index (χ2n) is 6.39. The van der Waals surface area contributed by atoms with E-state index in [1.54, 1.807) is 23.9 Å². The number of nitrogens with zero attached hydrogens (tertiary/aromatic N) is 2. The summed E-state index contributed by atoms with van der Waals surface area (Å²) < 4.78 is 22.1. The van der Waals surface area contributed by atoms with Gasteiger partial charge >= 0.3 is 6.09 Å². The summed E-state index contributed by atoms with van der Waals surface area (Å²) in [6.45, 7) is 0.982. The number of ether oxygens (including phenoxy) is 1. The van der Waals surface area contributed by atoms with E-state index >= 15 is 0 Å². The Balaban J connectivity index is 1.52. The van der Waals surface area contributed by atoms with Crippen LogP contribution in [0, 0.1) is 5.82 Å². The van der Waals surface area contributed by atoms with Crippen molar-refractivity contribution >= 4 is 23.5 Å². The fourth-order valence-electron chi connectivity index (χ4n) is 3.23. The standard InChI is InChI=1S/C21H19FN2O2S/c1-27-18-7-4-15(5-8-18)19-9-6-16(12-20(19)22)24-14-17(26-21(24)25)13-23-10-2-3-11-23/h2-12,17H,13-14H2,1H3/t17-/m0/s1. The van der Waals surface area contributed by atoms with Crippen LogP contribution in [-0.4, -0.2) is 29.6 Å². The van der Waals surface area contributed by atoms with Crippen LogP contribution >= 0.6 is 11.8 Å². The van der Waals surface area contributed by atoms with Gasteiger partial charge in [0.2, 0.25) is 0 Å². The van der Waals surface area contributed by atoms with Gasteiger partial charge in [0.15, 0.2) is 0 Å². The van der Waals surface area contributed by atoms with E-state index in [1.165, 1.54) is 11.0 Å². The third-order valence-corrected chi connectivity index (χ3v) is 5.36. The van der Waals surface area contributed by atoms with Crippen molar-refractivity contribution < 1.29 is 13.9 Å². The van der Waals surface area contributed by atoms with Gasteiger partial charge in [0, 0.05) is 22.9 Å². The minimum Gasteiger partial charge on any atom is -0.442 e. The number of thioether (sulfide) groups is 1. The average Bonchev–Trinajstić information content (AvgIpc) is 3.31. The van der Waals surface area contributed by atoms with Crippen LogP contribution in [0.1, 0.15) is 0 Å². The first-order valence-electron chi connectivity index (χ1n) is 8.67. The molecule has 1 aliphatic rings. The second kappa shape index (κ2) is 7.48. The molecule has 27 heavy (non-hydrogen) atoms. The van der Waals surface area contributed by atoms with Crippen LogP contribution in [0.3, 0.4) is 0 Å². The van der Waals surface area contributed by atoms with Gasteiger partial charge in [-0.1, -0.05) is 12.1 Å². The fraction of sp³-hybridized carbons (Fsp3) is 0.190. The first kappa shape index (κ1) is 17.7. The normalized spacial score (nSPS) is 16.6. The van der Waals surface area contributed by atoms with Crippen molar-refractivity contribution in [3.63, 3.8) is 0 Å². The SMILES string of the molecule is CSc1ccc(-c2ccc(N3C[C@H](Cn4cccc4)OC3=O)cc2F)cc1. The first-order chi connectivity index (χ1) is 13.1. The molecule has 0 saturated carbocycles. The molecule has 0 unspecified atom stereocenters. The first-order valence-corrected chi connectivity index (χ1v) is 9.89. The summed E-state index contributed by atoms with van der Waals surface area (Å²) in [6.07, 6.45) is 5.15. The molecule has 2 heterocycles. The maximum absolute atomic E-state index is 14.7. The molecule has 1 amide bonds. The average molecular weight is 382 g/mol. The van der Waals surface area contributed by atoms with Crippen molar-refractivity contribution in [3.05, 3.63) is 72.8 Å². The predicted molar refractivity (Wildman–Crippen MR) is 106 cm³/mol. The molecule has 0 bridgehead atoms. The molecule has 1 aliphatic heterocycles. The molecule has 2 aromatic carbocycles. The highest BCUT2D eigenvalue weighted by molar-refractivity contribution is 7.98. The number of anilines is 1. The van der Waals surface area contributed by atoms with Gasteiger partial charge in [0.25, 0.3) is 0 Å². The summed E-state index contributed by atoms with van der Waals surface area (Å²) in [5.74, 6) is -0.355. The third-order valence-electron chi connectivity index (χ3n) is 4.62. The summed E-state index contributed by atoms with van der Waals surface area (Å²) >= 11 is 1.64. The lowest BCUT2D eigenvalue weighted by atomic mass is 10.0. The van der Waals surface area contributed by atoms with Crippen molar-refractivity contribution in [1.82, 2.24) is 4.57 Å². The molecule has 1 aromatic heterocycles. The van der Waals surface area contributed by atoms with Crippen LogP contribution < -0.4 is 4.90 Å². The molecule has 1 fully saturated rings. The van der Waals surface area contributed by atoms with E-state index in [-0.39, 0.29) is 11.9 Å². The van der Waals surface area contributed by atoms with Crippen molar-refractivity contribution in [3.8, 4) is 11.1 Å². The largest absolute Gasteiger partial charge is 0.442 e. The Morgan fingerprint density at radius 1 is 1.15 bits per heavy atom. The Hall–Kier alpha value is -2.73. The highest BCUT2D eigenvalue weighted by Gasteiger charge is 2.32. The van der Waals surface area contributed by atoms with Crippen molar-refractivity contribution in [2.24, 2.45) is 0 Å². The van der Waals surface area contributed by atoms with E-state index in [9.17, 15) is 9.18 Å². The van der Waals surface area contributed by atoms with E-state index in [0.717, 1.165) is 10.5 Å². The number of hydrogen-bond donors (Lipinski definition) is 0. The number of cyclic esters (lactones) is 1. The van der Waals surface area contributed by atoms with Crippen LogP contribution in [0.5, 0.6) is 0 Å². The van der Waals surface area contributed by atoms with Crippen LogP contribution in [0.4, 0.5) is 14.9 Å². The number of aromatic nitrogens is 1. The molecule has 3 aromatic rings. The fourth-order valence-corrected chi connectivity index (χ4v) is 3.64. The topological polar surface area (TPSA) is 34.5 Å². The van der Waals surface area contributed by atoms with E-state index in [4.69, 9.17) is 4.74 Å². The highest BCUT2D eigenvalue weighted by Crippen LogP contribution is 2.30. The molecule has 4 rings (SSSR count). The number of halogens is 1. The van der Waals surface area contributed by atoms with Gasteiger partial charge in [0.05, 0.1) is 18.8 Å². The predicted octanol–water partition coefficient (Wildman–Crippen LogP) is 5.04. The zero-order valence-corrected chi connectivity index (χ0v) is 15.7. The number of benzene rings is 2. The van der Waals surface area contributed by atoms with Gasteiger partial charge in [-0.3, -0.25) is 4.90 Å². The zero-order chi connectivity index (χ0) is 18.8. The maximum Gasteiger partial charge on any atom is 0.414 e. The third kappa shape index (κ3) is 3.71. The lowest BCUT2D eigenvalue weighted by molar-refractivity contribution is 0.132. The number of carbonyl (C=O) groups excluding carboxylic acids is 1. The Bertz CT molecular complexity index is 941. The molecule has 0 aliphatic carbocycles. The van der Waals surface area contributed by atoms with Crippen LogP contribution in [-0.2, 0) is 11.3 Å². The van der Waals surface area contributed by atoms with Crippen molar-refractivity contribution in [2.45, 2.75) is 17.5 Å². The summed E-state index contributed by atoms with van der Waals surface area (Å²) in [6, 6.07) is 16.5. The van der Waals surface area contributed by atoms with Crippen LogP contribution in [0.15, 0.2) is 71.9 Å². The smallest absolute Gasteiger partial charge is 0.414 e. The molecule has 0 spiro atoms. The molecule has 6 heteroatoms. The van der Waals surface area contributed by atoms with E-state index in [2.05, 4.69) is 0 Å². The molecular weight excluding hydrogens is 363 g/mol. The van der Waals surface area contributed by atoms with Crippen molar-refractivity contribution in [1.29, 1.82) is 0 Å². The second-order valence-corrected chi connectivity index (χ2v) is 7.27. The van der Waals surface area contributed by atoms with E-state index in [1.807, 2.05) is 59.6 Å². The molecule has 1 atom stereocenters. The quantitative estimate of drug-likeness (QED) is 0.580. The van der Waals surface area contributed by atoms with Crippen molar-refractivity contribution in [2.75, 3.05) is 17.7 Å². The van der Waals surface area contributed by atoms with E-state index < -0.39 is 6.09 Å². The summed E-state index contributed by atoms with van der Waals surface area (Å²) in [5, 5.41) is 0. The minimum atomic E-state index is -0.441. The van der Waals surface area contributed by atoms with Gasteiger partial charge in [-0.25, -0.2) is 9.18 Å². The van der Waals surface area contributed by atoms with E-state index in [0.29, 0.717) is 24.3 Å². The number of rotatable bonds is 5. The molecule has 0 N–H and O–H groups in total. The summed E-state index contributed by atoms with van der Waals surface area (Å²) in [7, 11) is 0. The highest BCUT2D eigenvalue weighted by atomic mass is 32.2. The van der Waals surface area contributed by atoms with Gasteiger partial charge in [-0.05, 0) is 54.3 Å². The Morgan fingerprint density at radius 3 is 2.56 bits per heavy atom. The summed E-state index contributed by atoms with van der Waals surface area (Å²) in [5.41, 5.74) is 1.84. The molecule has 1 saturated heterocycles. The van der Waals surface area contributed by atoms with Gasteiger partial charge < -0.3 is 9.30 Å². The monoisotopic (exact) mass is 382 g/mol. The Labute approximate surface area is 161 Å². The number of hydrogen-bond acceptors (Lipinski definition) is 3.